The lowest BCUT2D eigenvalue weighted by Gasteiger charge is -2.24. The molecule has 1 rings (SSSR count). The van der Waals surface area contributed by atoms with E-state index in [2.05, 4.69) is 6.92 Å². The van der Waals surface area contributed by atoms with E-state index in [1.54, 1.807) is 18.0 Å². The lowest BCUT2D eigenvalue weighted by molar-refractivity contribution is 0.0736. The highest BCUT2D eigenvalue weighted by Crippen LogP contribution is 2.15. The van der Waals surface area contributed by atoms with Crippen molar-refractivity contribution in [2.45, 2.75) is 32.7 Å². The van der Waals surface area contributed by atoms with Crippen LogP contribution in [-0.2, 0) is 0 Å². The Morgan fingerprint density at radius 1 is 1.53 bits per heavy atom. The van der Waals surface area contributed by atoms with Crippen LogP contribution in [0, 0.1) is 5.82 Å². The minimum absolute atomic E-state index is 0.0609. The van der Waals surface area contributed by atoms with Gasteiger partial charge in [0.05, 0.1) is 5.69 Å². The Bertz CT molecular complexity index is 406. The van der Waals surface area contributed by atoms with Gasteiger partial charge in [0.1, 0.15) is 5.82 Å². The molecule has 1 amide bonds. The molecule has 0 radical (unpaired) electrons. The Hall–Kier alpha value is -1.58. The molecule has 1 aromatic rings. The van der Waals surface area contributed by atoms with E-state index in [9.17, 15) is 9.18 Å². The highest BCUT2D eigenvalue weighted by atomic mass is 19.1. The van der Waals surface area contributed by atoms with Crippen molar-refractivity contribution in [3.05, 3.63) is 29.6 Å². The maximum atomic E-state index is 13.3. The van der Waals surface area contributed by atoms with Gasteiger partial charge in [-0.3, -0.25) is 4.79 Å². The molecule has 0 aliphatic carbocycles. The van der Waals surface area contributed by atoms with E-state index >= 15 is 0 Å². The largest absolute Gasteiger partial charge is 0.396 e. The van der Waals surface area contributed by atoms with Crippen LogP contribution in [0.15, 0.2) is 18.2 Å². The number of anilines is 1. The van der Waals surface area contributed by atoms with E-state index in [1.807, 2.05) is 6.92 Å². The van der Waals surface area contributed by atoms with Gasteiger partial charge in [-0.2, -0.15) is 0 Å². The summed E-state index contributed by atoms with van der Waals surface area (Å²) in [5.74, 6) is -0.725. The number of nitrogen functional groups attached to an aromatic ring is 1. The van der Waals surface area contributed by atoms with Crippen molar-refractivity contribution in [3.8, 4) is 0 Å². The molecular weight excluding hydrogens is 219 g/mol. The van der Waals surface area contributed by atoms with Crippen LogP contribution in [0.25, 0.3) is 0 Å². The van der Waals surface area contributed by atoms with Crippen molar-refractivity contribution < 1.29 is 9.18 Å². The number of halogens is 1. The number of hydrogen-bond donors (Lipinski definition) is 1. The SMILES string of the molecule is CCCC(C)N(C)C(=O)c1ccc(N)c(F)c1. The molecule has 1 atom stereocenters. The van der Waals surface area contributed by atoms with E-state index in [0.29, 0.717) is 5.56 Å². The number of nitrogens with zero attached hydrogens (tertiary/aromatic N) is 1. The zero-order chi connectivity index (χ0) is 13.0. The highest BCUT2D eigenvalue weighted by molar-refractivity contribution is 5.94. The maximum Gasteiger partial charge on any atom is 0.253 e. The average molecular weight is 238 g/mol. The van der Waals surface area contributed by atoms with Crippen molar-refractivity contribution in [3.63, 3.8) is 0 Å². The van der Waals surface area contributed by atoms with Crippen molar-refractivity contribution in [2.75, 3.05) is 12.8 Å². The van der Waals surface area contributed by atoms with Crippen molar-refractivity contribution in [1.29, 1.82) is 0 Å². The van der Waals surface area contributed by atoms with Crippen molar-refractivity contribution in [1.82, 2.24) is 4.90 Å². The maximum absolute atomic E-state index is 13.3. The van der Waals surface area contributed by atoms with Gasteiger partial charge in [-0.25, -0.2) is 4.39 Å². The van der Waals surface area contributed by atoms with Crippen LogP contribution >= 0.6 is 0 Å². The standard InChI is InChI=1S/C13H19FN2O/c1-4-5-9(2)16(3)13(17)10-6-7-12(15)11(14)8-10/h6-9H,4-5,15H2,1-3H3. The predicted molar refractivity (Wildman–Crippen MR) is 67.3 cm³/mol. The van der Waals surface area contributed by atoms with Crippen LogP contribution in [0.1, 0.15) is 37.0 Å². The number of benzene rings is 1. The number of hydrogen-bond acceptors (Lipinski definition) is 2. The topological polar surface area (TPSA) is 46.3 Å². The zero-order valence-electron chi connectivity index (χ0n) is 10.5. The molecule has 94 valence electrons. The fourth-order valence-electron chi connectivity index (χ4n) is 1.68. The molecule has 4 heteroatoms. The molecular formula is C13H19FN2O. The van der Waals surface area contributed by atoms with E-state index in [4.69, 9.17) is 5.73 Å². The Labute approximate surface area is 101 Å². The van der Waals surface area contributed by atoms with E-state index in [1.165, 1.54) is 12.1 Å². The van der Waals surface area contributed by atoms with Gasteiger partial charge in [-0.05, 0) is 31.5 Å². The number of nitrogens with two attached hydrogens (primary N) is 1. The van der Waals surface area contributed by atoms with E-state index < -0.39 is 5.82 Å². The van der Waals surface area contributed by atoms with Crippen LogP contribution in [0.4, 0.5) is 10.1 Å². The molecule has 0 heterocycles. The van der Waals surface area contributed by atoms with Crippen molar-refractivity contribution >= 4 is 11.6 Å². The summed E-state index contributed by atoms with van der Waals surface area (Å²) in [6, 6.07) is 4.30. The first-order valence-corrected chi connectivity index (χ1v) is 5.79. The molecule has 0 aliphatic rings. The molecule has 1 unspecified atom stereocenters. The average Bonchev–Trinajstić information content (AvgIpc) is 2.31. The van der Waals surface area contributed by atoms with Gasteiger partial charge in [0.25, 0.3) is 5.91 Å². The third kappa shape index (κ3) is 3.19. The molecule has 0 aromatic heterocycles. The summed E-state index contributed by atoms with van der Waals surface area (Å²) >= 11 is 0. The Morgan fingerprint density at radius 2 is 2.18 bits per heavy atom. The third-order valence-electron chi connectivity index (χ3n) is 2.94. The summed E-state index contributed by atoms with van der Waals surface area (Å²) in [6.07, 6.45) is 1.94. The Kier molecular flexibility index (Phi) is 4.49. The van der Waals surface area contributed by atoms with Crippen LogP contribution < -0.4 is 5.73 Å². The third-order valence-corrected chi connectivity index (χ3v) is 2.94. The fraction of sp³-hybridized carbons (Fsp3) is 0.462. The minimum atomic E-state index is -0.549. The van der Waals surface area contributed by atoms with Crippen LogP contribution in [-0.4, -0.2) is 23.9 Å². The summed E-state index contributed by atoms with van der Waals surface area (Å²) in [6.45, 7) is 4.05. The normalized spacial score (nSPS) is 12.2. The molecule has 0 aliphatic heterocycles. The van der Waals surface area contributed by atoms with Crippen LogP contribution in [0.2, 0.25) is 0 Å². The molecule has 17 heavy (non-hydrogen) atoms. The second-order valence-electron chi connectivity index (χ2n) is 4.29. The quantitative estimate of drug-likeness (QED) is 0.820. The first-order chi connectivity index (χ1) is 7.97. The smallest absolute Gasteiger partial charge is 0.253 e. The second kappa shape index (κ2) is 5.66. The monoisotopic (exact) mass is 238 g/mol. The van der Waals surface area contributed by atoms with Gasteiger partial charge in [0, 0.05) is 18.7 Å². The van der Waals surface area contributed by atoms with Crippen molar-refractivity contribution in [2.24, 2.45) is 0 Å². The van der Waals surface area contributed by atoms with Crippen LogP contribution in [0.3, 0.4) is 0 Å². The summed E-state index contributed by atoms with van der Waals surface area (Å²) in [5, 5.41) is 0. The Morgan fingerprint density at radius 3 is 2.71 bits per heavy atom. The summed E-state index contributed by atoms with van der Waals surface area (Å²) < 4.78 is 13.3. The van der Waals surface area contributed by atoms with Gasteiger partial charge >= 0.3 is 0 Å². The van der Waals surface area contributed by atoms with E-state index in [0.717, 1.165) is 12.8 Å². The number of carbonyl (C=O) groups is 1. The molecule has 0 fully saturated rings. The molecule has 2 N–H and O–H groups in total. The first kappa shape index (κ1) is 13.5. The lowest BCUT2D eigenvalue weighted by atomic mass is 10.1. The Balaban J connectivity index is 2.85. The van der Waals surface area contributed by atoms with Gasteiger partial charge < -0.3 is 10.6 Å². The molecule has 3 nitrogen and oxygen atoms in total. The van der Waals surface area contributed by atoms with Gasteiger partial charge in [-0.1, -0.05) is 13.3 Å². The molecule has 0 saturated heterocycles. The predicted octanol–water partition coefficient (Wildman–Crippen LogP) is 2.67. The van der Waals surface area contributed by atoms with Crippen LogP contribution in [0.5, 0.6) is 0 Å². The fourth-order valence-corrected chi connectivity index (χ4v) is 1.68. The van der Waals surface area contributed by atoms with Gasteiger partial charge in [0.15, 0.2) is 0 Å². The summed E-state index contributed by atoms with van der Waals surface area (Å²) in [5.41, 5.74) is 5.77. The number of carbonyl (C=O) groups excluding carboxylic acids is 1. The molecule has 0 saturated carbocycles. The summed E-state index contributed by atoms with van der Waals surface area (Å²) in [7, 11) is 1.73. The van der Waals surface area contributed by atoms with Gasteiger partial charge in [0.2, 0.25) is 0 Å². The lowest BCUT2D eigenvalue weighted by Crippen LogP contribution is -2.35. The highest BCUT2D eigenvalue weighted by Gasteiger charge is 2.17. The molecule has 1 aromatic carbocycles. The number of rotatable bonds is 4. The second-order valence-corrected chi connectivity index (χ2v) is 4.29. The first-order valence-electron chi connectivity index (χ1n) is 5.79. The molecule has 0 spiro atoms. The van der Waals surface area contributed by atoms with Gasteiger partial charge in [-0.15, -0.1) is 0 Å². The zero-order valence-corrected chi connectivity index (χ0v) is 10.5. The minimum Gasteiger partial charge on any atom is -0.396 e. The van der Waals surface area contributed by atoms with E-state index in [-0.39, 0.29) is 17.6 Å². The number of amides is 1. The summed E-state index contributed by atoms with van der Waals surface area (Å²) in [4.78, 5) is 13.7. The molecule has 0 bridgehead atoms.